The average molecular weight is 235 g/mol. The second-order valence-electron chi connectivity index (χ2n) is 3.84. The van der Waals surface area contributed by atoms with Crippen molar-refractivity contribution in [1.82, 2.24) is 5.32 Å². The van der Waals surface area contributed by atoms with Crippen molar-refractivity contribution in [1.29, 1.82) is 0 Å². The number of rotatable bonds is 5. The van der Waals surface area contributed by atoms with Gasteiger partial charge in [0.25, 0.3) is 0 Å². The molecule has 0 aliphatic rings. The maximum Gasteiger partial charge on any atom is 0.120 e. The van der Waals surface area contributed by atoms with E-state index in [0.717, 1.165) is 18.7 Å². The standard InChI is InChI=1S/C13H17NOS/c1-3-11-6-7-12(16-11)9-14-10(2)13-5-4-8-15-13/h4-8,10,14H,3,9H2,1-2H3/t10-/m0/s1. The summed E-state index contributed by atoms with van der Waals surface area (Å²) >= 11 is 1.88. The highest BCUT2D eigenvalue weighted by Gasteiger charge is 2.07. The van der Waals surface area contributed by atoms with Crippen molar-refractivity contribution in [3.63, 3.8) is 0 Å². The first-order chi connectivity index (χ1) is 7.79. The summed E-state index contributed by atoms with van der Waals surface area (Å²) in [7, 11) is 0. The minimum atomic E-state index is 0.266. The predicted molar refractivity (Wildman–Crippen MR) is 67.7 cm³/mol. The summed E-state index contributed by atoms with van der Waals surface area (Å²) in [6, 6.07) is 8.60. The summed E-state index contributed by atoms with van der Waals surface area (Å²) < 4.78 is 5.35. The van der Waals surface area contributed by atoms with Crippen LogP contribution in [0.5, 0.6) is 0 Å². The second kappa shape index (κ2) is 5.32. The molecule has 0 radical (unpaired) electrons. The zero-order chi connectivity index (χ0) is 11.4. The van der Waals surface area contributed by atoms with Crippen molar-refractivity contribution in [3.8, 4) is 0 Å². The van der Waals surface area contributed by atoms with E-state index in [1.54, 1.807) is 6.26 Å². The highest BCUT2D eigenvalue weighted by Crippen LogP contribution is 2.18. The van der Waals surface area contributed by atoms with Gasteiger partial charge >= 0.3 is 0 Å². The molecule has 1 N–H and O–H groups in total. The summed E-state index contributed by atoms with van der Waals surface area (Å²) in [4.78, 5) is 2.83. The minimum Gasteiger partial charge on any atom is -0.468 e. The van der Waals surface area contributed by atoms with E-state index in [-0.39, 0.29) is 6.04 Å². The molecule has 2 rings (SSSR count). The molecule has 0 saturated carbocycles. The third-order valence-corrected chi connectivity index (χ3v) is 3.85. The Morgan fingerprint density at radius 1 is 1.31 bits per heavy atom. The van der Waals surface area contributed by atoms with Crippen molar-refractivity contribution < 1.29 is 4.42 Å². The first kappa shape index (κ1) is 11.4. The molecule has 0 unspecified atom stereocenters. The zero-order valence-corrected chi connectivity index (χ0v) is 10.5. The highest BCUT2D eigenvalue weighted by molar-refractivity contribution is 7.11. The number of hydrogen-bond donors (Lipinski definition) is 1. The lowest BCUT2D eigenvalue weighted by Crippen LogP contribution is -2.16. The second-order valence-corrected chi connectivity index (χ2v) is 5.09. The zero-order valence-electron chi connectivity index (χ0n) is 9.69. The first-order valence-corrected chi connectivity index (χ1v) is 6.45. The fourth-order valence-electron chi connectivity index (χ4n) is 1.60. The van der Waals surface area contributed by atoms with Crippen LogP contribution in [-0.2, 0) is 13.0 Å². The summed E-state index contributed by atoms with van der Waals surface area (Å²) in [5.74, 6) is 0.993. The molecule has 0 aromatic carbocycles. The molecule has 0 spiro atoms. The summed E-state index contributed by atoms with van der Waals surface area (Å²) in [6.45, 7) is 5.22. The van der Waals surface area contributed by atoms with Gasteiger partial charge in [0.05, 0.1) is 12.3 Å². The third-order valence-electron chi connectivity index (χ3n) is 2.62. The van der Waals surface area contributed by atoms with E-state index in [1.807, 2.05) is 23.5 Å². The molecule has 0 saturated heterocycles. The van der Waals surface area contributed by atoms with E-state index >= 15 is 0 Å². The van der Waals surface area contributed by atoms with Gasteiger partial charge in [0.15, 0.2) is 0 Å². The van der Waals surface area contributed by atoms with Crippen LogP contribution in [0, 0.1) is 0 Å². The number of furan rings is 1. The first-order valence-electron chi connectivity index (χ1n) is 5.64. The lowest BCUT2D eigenvalue weighted by Gasteiger charge is -2.09. The van der Waals surface area contributed by atoms with Gasteiger partial charge in [-0.3, -0.25) is 0 Å². The molecule has 0 aliphatic carbocycles. The quantitative estimate of drug-likeness (QED) is 0.853. The number of nitrogens with one attached hydrogen (secondary N) is 1. The molecule has 86 valence electrons. The van der Waals surface area contributed by atoms with Crippen LogP contribution >= 0.6 is 11.3 Å². The van der Waals surface area contributed by atoms with E-state index in [1.165, 1.54) is 9.75 Å². The Morgan fingerprint density at radius 3 is 2.75 bits per heavy atom. The molecule has 1 atom stereocenters. The lowest BCUT2D eigenvalue weighted by atomic mass is 10.2. The van der Waals surface area contributed by atoms with Gasteiger partial charge in [0.2, 0.25) is 0 Å². The molecule has 16 heavy (non-hydrogen) atoms. The molecule has 2 heterocycles. The van der Waals surface area contributed by atoms with E-state index in [0.29, 0.717) is 0 Å². The van der Waals surface area contributed by atoms with Crippen molar-refractivity contribution >= 4 is 11.3 Å². The fourth-order valence-corrected chi connectivity index (χ4v) is 2.51. The number of thiophene rings is 1. The molecule has 2 aromatic heterocycles. The van der Waals surface area contributed by atoms with Gasteiger partial charge in [-0.25, -0.2) is 0 Å². The summed E-state index contributed by atoms with van der Waals surface area (Å²) in [6.07, 6.45) is 2.84. The van der Waals surface area contributed by atoms with Gasteiger partial charge in [0.1, 0.15) is 5.76 Å². The Balaban J connectivity index is 1.87. The highest BCUT2D eigenvalue weighted by atomic mass is 32.1. The SMILES string of the molecule is CCc1ccc(CN[C@@H](C)c2ccco2)s1. The van der Waals surface area contributed by atoms with E-state index in [9.17, 15) is 0 Å². The van der Waals surface area contributed by atoms with Gasteiger partial charge in [-0.1, -0.05) is 6.92 Å². The molecule has 3 heteroatoms. The van der Waals surface area contributed by atoms with Crippen molar-refractivity contribution in [2.75, 3.05) is 0 Å². The molecular formula is C13H17NOS. The van der Waals surface area contributed by atoms with Crippen LogP contribution in [0.2, 0.25) is 0 Å². The van der Waals surface area contributed by atoms with E-state index in [4.69, 9.17) is 4.42 Å². The normalized spacial score (nSPS) is 12.9. The van der Waals surface area contributed by atoms with Crippen LogP contribution in [0.4, 0.5) is 0 Å². The minimum absolute atomic E-state index is 0.266. The lowest BCUT2D eigenvalue weighted by molar-refractivity contribution is 0.431. The Morgan fingerprint density at radius 2 is 2.12 bits per heavy atom. The Labute approximate surface area is 100 Å². The Hall–Kier alpha value is -1.06. The molecule has 2 nitrogen and oxygen atoms in total. The van der Waals surface area contributed by atoms with Crippen molar-refractivity contribution in [2.24, 2.45) is 0 Å². The Kier molecular flexibility index (Phi) is 3.80. The van der Waals surface area contributed by atoms with Gasteiger partial charge in [-0.15, -0.1) is 11.3 Å². The number of aryl methyl sites for hydroxylation is 1. The van der Waals surface area contributed by atoms with Crippen LogP contribution in [0.3, 0.4) is 0 Å². The third kappa shape index (κ3) is 2.74. The van der Waals surface area contributed by atoms with Crippen LogP contribution in [0.15, 0.2) is 34.9 Å². The van der Waals surface area contributed by atoms with Gasteiger partial charge < -0.3 is 9.73 Å². The molecule has 0 aliphatic heterocycles. The van der Waals surface area contributed by atoms with Crippen LogP contribution in [0.25, 0.3) is 0 Å². The predicted octanol–water partition coefficient (Wildman–Crippen LogP) is 3.75. The molecule has 2 aromatic rings. The Bertz CT molecular complexity index is 419. The molecule has 0 bridgehead atoms. The van der Waals surface area contributed by atoms with Crippen LogP contribution in [0.1, 0.15) is 35.4 Å². The fraction of sp³-hybridized carbons (Fsp3) is 0.385. The van der Waals surface area contributed by atoms with Gasteiger partial charge in [0, 0.05) is 16.3 Å². The van der Waals surface area contributed by atoms with Crippen molar-refractivity contribution in [2.45, 2.75) is 32.9 Å². The van der Waals surface area contributed by atoms with Gasteiger partial charge in [-0.05, 0) is 37.6 Å². The largest absolute Gasteiger partial charge is 0.468 e. The van der Waals surface area contributed by atoms with E-state index < -0.39 is 0 Å². The topological polar surface area (TPSA) is 25.2 Å². The maximum atomic E-state index is 5.35. The summed E-state index contributed by atoms with van der Waals surface area (Å²) in [5, 5.41) is 3.46. The smallest absolute Gasteiger partial charge is 0.120 e. The van der Waals surface area contributed by atoms with Gasteiger partial charge in [-0.2, -0.15) is 0 Å². The summed E-state index contributed by atoms with van der Waals surface area (Å²) in [5.41, 5.74) is 0. The molecular weight excluding hydrogens is 218 g/mol. The molecule has 0 amide bonds. The van der Waals surface area contributed by atoms with Crippen molar-refractivity contribution in [3.05, 3.63) is 46.0 Å². The average Bonchev–Trinajstić information content (AvgIpc) is 2.96. The van der Waals surface area contributed by atoms with Crippen LogP contribution < -0.4 is 5.32 Å². The monoisotopic (exact) mass is 235 g/mol. The van der Waals surface area contributed by atoms with E-state index in [2.05, 4.69) is 31.3 Å². The van der Waals surface area contributed by atoms with Crippen LogP contribution in [-0.4, -0.2) is 0 Å². The molecule has 0 fully saturated rings. The maximum absolute atomic E-state index is 5.35. The number of hydrogen-bond acceptors (Lipinski definition) is 3.